The standard InChI is InChI=1S/C12H16F3NO2S/c1-2-11(16)8-19(17,18)7-9-4-3-5-10(6-9)12(13,14)15/h3-6,11H,2,7-8,16H2,1H3. The highest BCUT2D eigenvalue weighted by Gasteiger charge is 2.30. The van der Waals surface area contributed by atoms with Crippen LogP contribution in [0.2, 0.25) is 0 Å². The number of hydrogen-bond acceptors (Lipinski definition) is 3. The van der Waals surface area contributed by atoms with Crippen molar-refractivity contribution in [3.05, 3.63) is 35.4 Å². The number of rotatable bonds is 5. The minimum atomic E-state index is -4.47. The minimum Gasteiger partial charge on any atom is -0.327 e. The summed E-state index contributed by atoms with van der Waals surface area (Å²) in [6.45, 7) is 1.75. The van der Waals surface area contributed by atoms with Gasteiger partial charge in [-0.1, -0.05) is 25.1 Å². The van der Waals surface area contributed by atoms with Crippen LogP contribution >= 0.6 is 0 Å². The van der Waals surface area contributed by atoms with Crippen molar-refractivity contribution in [3.8, 4) is 0 Å². The summed E-state index contributed by atoms with van der Waals surface area (Å²) in [6, 6.07) is 3.84. The minimum absolute atomic E-state index is 0.123. The lowest BCUT2D eigenvalue weighted by Crippen LogP contribution is -2.29. The average molecular weight is 295 g/mol. The van der Waals surface area contributed by atoms with Crippen molar-refractivity contribution in [2.75, 3.05) is 5.75 Å². The van der Waals surface area contributed by atoms with Gasteiger partial charge in [0.25, 0.3) is 0 Å². The molecule has 1 aromatic rings. The topological polar surface area (TPSA) is 60.2 Å². The summed E-state index contributed by atoms with van der Waals surface area (Å²) in [5.41, 5.74) is 4.83. The van der Waals surface area contributed by atoms with Gasteiger partial charge in [-0.05, 0) is 18.1 Å². The van der Waals surface area contributed by atoms with Crippen LogP contribution in [0.15, 0.2) is 24.3 Å². The van der Waals surface area contributed by atoms with Crippen LogP contribution in [0, 0.1) is 0 Å². The SMILES string of the molecule is CCC(N)CS(=O)(=O)Cc1cccc(C(F)(F)F)c1. The molecule has 0 aliphatic rings. The Morgan fingerprint density at radius 1 is 1.32 bits per heavy atom. The number of sulfone groups is 1. The summed E-state index contributed by atoms with van der Waals surface area (Å²) in [4.78, 5) is 0. The Bertz CT molecular complexity index is 526. The average Bonchev–Trinajstić information content (AvgIpc) is 2.26. The molecule has 0 saturated heterocycles. The highest BCUT2D eigenvalue weighted by Crippen LogP contribution is 2.29. The van der Waals surface area contributed by atoms with Gasteiger partial charge in [-0.25, -0.2) is 8.42 Å². The van der Waals surface area contributed by atoms with E-state index in [1.54, 1.807) is 6.92 Å². The summed E-state index contributed by atoms with van der Waals surface area (Å²) in [5, 5.41) is 0. The fraction of sp³-hybridized carbons (Fsp3) is 0.500. The maximum Gasteiger partial charge on any atom is 0.416 e. The van der Waals surface area contributed by atoms with Crippen molar-refractivity contribution in [1.82, 2.24) is 0 Å². The quantitative estimate of drug-likeness (QED) is 0.907. The molecule has 0 radical (unpaired) electrons. The van der Waals surface area contributed by atoms with Crippen molar-refractivity contribution in [3.63, 3.8) is 0 Å². The number of nitrogens with two attached hydrogens (primary N) is 1. The van der Waals surface area contributed by atoms with E-state index < -0.39 is 33.4 Å². The van der Waals surface area contributed by atoms with Gasteiger partial charge in [-0.15, -0.1) is 0 Å². The molecule has 1 atom stereocenters. The van der Waals surface area contributed by atoms with E-state index in [9.17, 15) is 21.6 Å². The van der Waals surface area contributed by atoms with Gasteiger partial charge in [0.1, 0.15) is 0 Å². The lowest BCUT2D eigenvalue weighted by molar-refractivity contribution is -0.137. The first-order valence-electron chi connectivity index (χ1n) is 5.76. The molecule has 0 aliphatic carbocycles. The van der Waals surface area contributed by atoms with E-state index >= 15 is 0 Å². The van der Waals surface area contributed by atoms with E-state index in [2.05, 4.69) is 0 Å². The predicted octanol–water partition coefficient (Wildman–Crippen LogP) is 2.36. The van der Waals surface area contributed by atoms with E-state index in [0.29, 0.717) is 6.42 Å². The van der Waals surface area contributed by atoms with Crippen LogP contribution in [-0.2, 0) is 21.8 Å². The van der Waals surface area contributed by atoms with Crippen molar-refractivity contribution >= 4 is 9.84 Å². The Kier molecular flexibility index (Phi) is 4.98. The van der Waals surface area contributed by atoms with Crippen molar-refractivity contribution in [2.45, 2.75) is 31.3 Å². The second-order valence-corrected chi connectivity index (χ2v) is 6.53. The molecule has 2 N–H and O–H groups in total. The van der Waals surface area contributed by atoms with Gasteiger partial charge in [0.2, 0.25) is 0 Å². The summed E-state index contributed by atoms with van der Waals surface area (Å²) in [6.07, 6.45) is -3.97. The largest absolute Gasteiger partial charge is 0.416 e. The smallest absolute Gasteiger partial charge is 0.327 e. The molecule has 19 heavy (non-hydrogen) atoms. The molecule has 1 unspecified atom stereocenters. The Morgan fingerprint density at radius 3 is 2.47 bits per heavy atom. The van der Waals surface area contributed by atoms with Crippen LogP contribution in [0.5, 0.6) is 0 Å². The van der Waals surface area contributed by atoms with E-state index in [1.165, 1.54) is 12.1 Å². The van der Waals surface area contributed by atoms with Crippen molar-refractivity contribution < 1.29 is 21.6 Å². The van der Waals surface area contributed by atoms with Crippen LogP contribution < -0.4 is 5.73 Å². The molecule has 0 spiro atoms. The first-order valence-corrected chi connectivity index (χ1v) is 7.58. The maximum atomic E-state index is 12.5. The molecule has 1 aromatic carbocycles. The first-order chi connectivity index (χ1) is 8.64. The van der Waals surface area contributed by atoms with Gasteiger partial charge < -0.3 is 5.73 Å². The molecule has 0 bridgehead atoms. The molecule has 108 valence electrons. The fourth-order valence-electron chi connectivity index (χ4n) is 1.59. The molecule has 0 aliphatic heterocycles. The Morgan fingerprint density at radius 2 is 1.95 bits per heavy atom. The fourth-order valence-corrected chi connectivity index (χ4v) is 3.29. The zero-order chi connectivity index (χ0) is 14.7. The van der Waals surface area contributed by atoms with Gasteiger partial charge >= 0.3 is 6.18 Å². The highest BCUT2D eigenvalue weighted by atomic mass is 32.2. The van der Waals surface area contributed by atoms with Crippen LogP contribution in [0.3, 0.4) is 0 Å². The zero-order valence-electron chi connectivity index (χ0n) is 10.4. The summed E-state index contributed by atoms with van der Waals surface area (Å²) in [5.74, 6) is -0.648. The first kappa shape index (κ1) is 16.0. The third kappa shape index (κ3) is 5.20. The summed E-state index contributed by atoms with van der Waals surface area (Å²) >= 11 is 0. The van der Waals surface area contributed by atoms with Gasteiger partial charge in [0.05, 0.1) is 17.1 Å². The van der Waals surface area contributed by atoms with Crippen LogP contribution in [-0.4, -0.2) is 20.2 Å². The third-order valence-corrected chi connectivity index (χ3v) is 4.34. The third-order valence-electron chi connectivity index (χ3n) is 2.63. The van der Waals surface area contributed by atoms with Gasteiger partial charge in [-0.3, -0.25) is 0 Å². The lowest BCUT2D eigenvalue weighted by Gasteiger charge is -2.11. The van der Waals surface area contributed by atoms with Crippen LogP contribution in [0.25, 0.3) is 0 Å². The molecule has 1 rings (SSSR count). The summed E-state index contributed by atoms with van der Waals surface area (Å²) in [7, 11) is -3.50. The lowest BCUT2D eigenvalue weighted by atomic mass is 10.1. The normalized spacial score (nSPS) is 14.4. The Hall–Kier alpha value is -1.08. The van der Waals surface area contributed by atoms with E-state index in [0.717, 1.165) is 12.1 Å². The Balaban J connectivity index is 2.89. The van der Waals surface area contributed by atoms with E-state index in [1.807, 2.05) is 0 Å². The van der Waals surface area contributed by atoms with Gasteiger partial charge in [0.15, 0.2) is 9.84 Å². The molecule has 3 nitrogen and oxygen atoms in total. The second kappa shape index (κ2) is 5.92. The number of halogens is 3. The monoisotopic (exact) mass is 295 g/mol. The van der Waals surface area contributed by atoms with Crippen LogP contribution in [0.1, 0.15) is 24.5 Å². The molecule has 0 saturated carbocycles. The molecule has 0 aromatic heterocycles. The molecule has 0 heterocycles. The second-order valence-electron chi connectivity index (χ2n) is 4.42. The van der Waals surface area contributed by atoms with E-state index in [-0.39, 0.29) is 11.3 Å². The molecular weight excluding hydrogens is 279 g/mol. The molecular formula is C12H16F3NO2S. The number of hydrogen-bond donors (Lipinski definition) is 1. The predicted molar refractivity (Wildman–Crippen MR) is 67.2 cm³/mol. The zero-order valence-corrected chi connectivity index (χ0v) is 11.3. The van der Waals surface area contributed by atoms with Crippen molar-refractivity contribution in [1.29, 1.82) is 0 Å². The summed E-state index contributed by atoms with van der Waals surface area (Å²) < 4.78 is 61.0. The van der Waals surface area contributed by atoms with Gasteiger partial charge in [-0.2, -0.15) is 13.2 Å². The van der Waals surface area contributed by atoms with E-state index in [4.69, 9.17) is 5.73 Å². The van der Waals surface area contributed by atoms with Crippen molar-refractivity contribution in [2.24, 2.45) is 5.73 Å². The molecule has 7 heteroatoms. The maximum absolute atomic E-state index is 12.5. The molecule has 0 amide bonds. The van der Waals surface area contributed by atoms with Gasteiger partial charge in [0, 0.05) is 6.04 Å². The molecule has 0 fully saturated rings. The number of benzene rings is 1. The van der Waals surface area contributed by atoms with Crippen LogP contribution in [0.4, 0.5) is 13.2 Å². The number of alkyl halides is 3. The highest BCUT2D eigenvalue weighted by molar-refractivity contribution is 7.90. The Labute approximate surface area is 110 Å².